The number of fused-ring (bicyclic) bond motifs is 1. The standard InChI is InChI=1S/C24H23N5OS/c1-16(30)7-8-19-15-31-22-21(19)28-23(18-9-11-26-12-10-18)29-24(22)27-14-20(25)13-17-5-3-2-4-6-17/h2-6,9-12,15-16,20,30H,13-14,25H2,1H3,(H,27,28,29)/t16-,20-/m1/s1. The van der Waals surface area contributed by atoms with Crippen LogP contribution in [0.2, 0.25) is 0 Å². The summed E-state index contributed by atoms with van der Waals surface area (Å²) in [5.41, 5.74) is 9.98. The number of anilines is 1. The monoisotopic (exact) mass is 429 g/mol. The van der Waals surface area contributed by atoms with Crippen molar-refractivity contribution in [2.75, 3.05) is 11.9 Å². The second-order valence-electron chi connectivity index (χ2n) is 7.23. The summed E-state index contributed by atoms with van der Waals surface area (Å²) in [6, 6.07) is 13.9. The van der Waals surface area contributed by atoms with Crippen molar-refractivity contribution in [2.24, 2.45) is 5.73 Å². The highest BCUT2D eigenvalue weighted by molar-refractivity contribution is 7.18. The third-order valence-electron chi connectivity index (χ3n) is 4.64. The zero-order valence-corrected chi connectivity index (χ0v) is 17.9. The van der Waals surface area contributed by atoms with Crippen molar-refractivity contribution in [1.29, 1.82) is 0 Å². The van der Waals surface area contributed by atoms with Crippen LogP contribution in [0.15, 0.2) is 60.2 Å². The van der Waals surface area contributed by atoms with Crippen molar-refractivity contribution >= 4 is 27.4 Å². The Hall–Kier alpha value is -3.31. The number of nitrogens with one attached hydrogen (secondary N) is 1. The Kier molecular flexibility index (Phi) is 6.53. The minimum Gasteiger partial charge on any atom is -0.381 e. The van der Waals surface area contributed by atoms with Crippen molar-refractivity contribution in [1.82, 2.24) is 15.0 Å². The number of aliphatic hydroxyl groups excluding tert-OH is 1. The molecular weight excluding hydrogens is 406 g/mol. The average Bonchev–Trinajstić information content (AvgIpc) is 3.20. The molecule has 31 heavy (non-hydrogen) atoms. The Morgan fingerprint density at radius 2 is 1.90 bits per heavy atom. The van der Waals surface area contributed by atoms with E-state index in [1.165, 1.54) is 16.9 Å². The van der Waals surface area contributed by atoms with E-state index in [0.717, 1.165) is 33.6 Å². The Morgan fingerprint density at radius 1 is 1.13 bits per heavy atom. The minimum absolute atomic E-state index is 0.0637. The first kappa shape index (κ1) is 20.9. The van der Waals surface area contributed by atoms with Gasteiger partial charge in [-0.25, -0.2) is 9.97 Å². The Balaban J connectivity index is 1.65. The normalized spacial score (nSPS) is 12.7. The molecule has 3 aromatic heterocycles. The van der Waals surface area contributed by atoms with Crippen molar-refractivity contribution in [3.05, 3.63) is 71.4 Å². The SMILES string of the molecule is C[C@@H](O)C#Cc1csc2c(NC[C@H](N)Cc3ccccc3)nc(-c3ccncc3)nc12. The molecule has 1 aromatic carbocycles. The molecule has 0 fully saturated rings. The maximum absolute atomic E-state index is 9.54. The molecule has 0 saturated carbocycles. The molecule has 3 heterocycles. The van der Waals surface area contributed by atoms with Gasteiger partial charge in [0.15, 0.2) is 5.82 Å². The molecule has 0 radical (unpaired) electrons. The largest absolute Gasteiger partial charge is 0.381 e. The molecule has 4 N–H and O–H groups in total. The van der Waals surface area contributed by atoms with Gasteiger partial charge in [0.05, 0.1) is 10.3 Å². The van der Waals surface area contributed by atoms with Crippen LogP contribution in [0.3, 0.4) is 0 Å². The molecule has 0 aliphatic carbocycles. The van der Waals surface area contributed by atoms with Crippen LogP contribution in [0.25, 0.3) is 21.6 Å². The summed E-state index contributed by atoms with van der Waals surface area (Å²) in [5, 5.41) is 14.9. The Morgan fingerprint density at radius 3 is 2.65 bits per heavy atom. The van der Waals surface area contributed by atoms with Gasteiger partial charge < -0.3 is 16.2 Å². The van der Waals surface area contributed by atoms with Crippen LogP contribution in [-0.4, -0.2) is 38.7 Å². The third kappa shape index (κ3) is 5.25. The number of rotatable bonds is 6. The lowest BCUT2D eigenvalue weighted by Crippen LogP contribution is -2.31. The highest BCUT2D eigenvalue weighted by atomic mass is 32.1. The minimum atomic E-state index is -0.704. The van der Waals surface area contributed by atoms with Crippen LogP contribution in [0.4, 0.5) is 5.82 Å². The molecule has 0 unspecified atom stereocenters. The van der Waals surface area contributed by atoms with Crippen LogP contribution in [-0.2, 0) is 6.42 Å². The number of benzene rings is 1. The van der Waals surface area contributed by atoms with Crippen LogP contribution < -0.4 is 11.1 Å². The van der Waals surface area contributed by atoms with Crippen LogP contribution in [0.1, 0.15) is 18.1 Å². The number of thiophene rings is 1. The lowest BCUT2D eigenvalue weighted by atomic mass is 10.1. The Labute approximate surface area is 185 Å². The van der Waals surface area contributed by atoms with Gasteiger partial charge in [0.1, 0.15) is 17.4 Å². The van der Waals surface area contributed by atoms with Gasteiger partial charge in [0, 0.05) is 35.9 Å². The summed E-state index contributed by atoms with van der Waals surface area (Å²) < 4.78 is 0.916. The summed E-state index contributed by atoms with van der Waals surface area (Å²) >= 11 is 1.53. The molecule has 4 rings (SSSR count). The predicted octanol–water partition coefficient (Wildman–Crippen LogP) is 3.47. The van der Waals surface area contributed by atoms with E-state index in [2.05, 4.69) is 34.3 Å². The van der Waals surface area contributed by atoms with E-state index < -0.39 is 6.10 Å². The summed E-state index contributed by atoms with van der Waals surface area (Å²) in [4.78, 5) is 13.6. The van der Waals surface area contributed by atoms with E-state index in [1.54, 1.807) is 19.3 Å². The molecule has 0 saturated heterocycles. The quantitative estimate of drug-likeness (QED) is 0.406. The van der Waals surface area contributed by atoms with Gasteiger partial charge in [-0.15, -0.1) is 11.3 Å². The zero-order chi connectivity index (χ0) is 21.6. The van der Waals surface area contributed by atoms with Gasteiger partial charge in [0.25, 0.3) is 0 Å². The smallest absolute Gasteiger partial charge is 0.162 e. The molecule has 0 spiro atoms. The molecule has 7 heteroatoms. The van der Waals surface area contributed by atoms with Crippen LogP contribution in [0, 0.1) is 11.8 Å². The molecule has 2 atom stereocenters. The number of nitrogens with two attached hydrogens (primary N) is 1. The number of nitrogens with zero attached hydrogens (tertiary/aromatic N) is 3. The number of aliphatic hydroxyl groups is 1. The highest BCUT2D eigenvalue weighted by Crippen LogP contribution is 2.32. The second-order valence-corrected chi connectivity index (χ2v) is 8.11. The van der Waals surface area contributed by atoms with E-state index in [1.807, 2.05) is 35.7 Å². The lowest BCUT2D eigenvalue weighted by molar-refractivity contribution is 0.253. The summed E-state index contributed by atoms with van der Waals surface area (Å²) in [6.07, 6.45) is 3.50. The van der Waals surface area contributed by atoms with Crippen molar-refractivity contribution < 1.29 is 5.11 Å². The lowest BCUT2D eigenvalue weighted by Gasteiger charge is -2.14. The van der Waals surface area contributed by atoms with E-state index in [9.17, 15) is 5.11 Å². The van der Waals surface area contributed by atoms with Gasteiger partial charge in [-0.1, -0.05) is 42.2 Å². The molecule has 0 bridgehead atoms. The topological polar surface area (TPSA) is 97.0 Å². The number of pyridine rings is 1. The fraction of sp³-hybridized carbons (Fsp3) is 0.208. The van der Waals surface area contributed by atoms with Crippen molar-refractivity contribution in [3.63, 3.8) is 0 Å². The van der Waals surface area contributed by atoms with Gasteiger partial charge in [-0.3, -0.25) is 4.98 Å². The molecule has 0 aliphatic rings. The molecule has 0 aliphatic heterocycles. The van der Waals surface area contributed by atoms with Gasteiger partial charge in [-0.2, -0.15) is 0 Å². The van der Waals surface area contributed by atoms with E-state index >= 15 is 0 Å². The summed E-state index contributed by atoms with van der Waals surface area (Å²) in [6.45, 7) is 2.21. The molecular formula is C24H23N5OS. The van der Waals surface area contributed by atoms with E-state index in [0.29, 0.717) is 12.4 Å². The molecule has 156 valence electrons. The van der Waals surface area contributed by atoms with Crippen LogP contribution >= 0.6 is 11.3 Å². The third-order valence-corrected chi connectivity index (χ3v) is 5.62. The molecule has 4 aromatic rings. The molecule has 0 amide bonds. The fourth-order valence-corrected chi connectivity index (χ4v) is 4.06. The van der Waals surface area contributed by atoms with Crippen LogP contribution in [0.5, 0.6) is 0 Å². The highest BCUT2D eigenvalue weighted by Gasteiger charge is 2.15. The first-order valence-corrected chi connectivity index (χ1v) is 10.9. The van der Waals surface area contributed by atoms with Crippen molar-refractivity contribution in [2.45, 2.75) is 25.5 Å². The maximum Gasteiger partial charge on any atom is 0.162 e. The van der Waals surface area contributed by atoms with E-state index in [4.69, 9.17) is 15.7 Å². The van der Waals surface area contributed by atoms with E-state index in [-0.39, 0.29) is 6.04 Å². The maximum atomic E-state index is 9.54. The molecule has 6 nitrogen and oxygen atoms in total. The first-order valence-electron chi connectivity index (χ1n) is 10.0. The van der Waals surface area contributed by atoms with Gasteiger partial charge in [0.2, 0.25) is 0 Å². The van der Waals surface area contributed by atoms with Gasteiger partial charge in [-0.05, 0) is 31.0 Å². The summed E-state index contributed by atoms with van der Waals surface area (Å²) in [5.74, 6) is 7.15. The fourth-order valence-electron chi connectivity index (χ4n) is 3.16. The number of hydrogen-bond donors (Lipinski definition) is 3. The Bertz CT molecular complexity index is 1210. The predicted molar refractivity (Wildman–Crippen MR) is 126 cm³/mol. The zero-order valence-electron chi connectivity index (χ0n) is 17.1. The number of hydrogen-bond acceptors (Lipinski definition) is 7. The number of aromatic nitrogens is 3. The second kappa shape index (κ2) is 9.67. The van der Waals surface area contributed by atoms with Crippen molar-refractivity contribution in [3.8, 4) is 23.2 Å². The average molecular weight is 430 g/mol. The van der Waals surface area contributed by atoms with Gasteiger partial charge >= 0.3 is 0 Å². The summed E-state index contributed by atoms with van der Waals surface area (Å²) in [7, 11) is 0. The first-order chi connectivity index (χ1) is 15.1.